The smallest absolute Gasteiger partial charge is 0.254 e. The minimum atomic E-state index is -0.380. The van der Waals surface area contributed by atoms with Crippen LogP contribution in [-0.4, -0.2) is 46.9 Å². The van der Waals surface area contributed by atoms with E-state index in [2.05, 4.69) is 16.0 Å². The second-order valence-electron chi connectivity index (χ2n) is 10.3. The van der Waals surface area contributed by atoms with Crippen molar-refractivity contribution in [1.29, 1.82) is 0 Å². The Kier molecular flexibility index (Phi) is 5.84. The summed E-state index contributed by atoms with van der Waals surface area (Å²) in [5, 5.41) is 1.09. The van der Waals surface area contributed by atoms with Crippen LogP contribution in [0.2, 0.25) is 0 Å². The van der Waals surface area contributed by atoms with Gasteiger partial charge < -0.3 is 14.8 Å². The molecule has 0 spiro atoms. The second kappa shape index (κ2) is 9.17. The maximum Gasteiger partial charge on any atom is 0.254 e. The van der Waals surface area contributed by atoms with Gasteiger partial charge in [0.25, 0.3) is 5.91 Å². The fourth-order valence-electron chi connectivity index (χ4n) is 5.83. The summed E-state index contributed by atoms with van der Waals surface area (Å²) in [7, 11) is 0. The highest BCUT2D eigenvalue weighted by molar-refractivity contribution is 5.94. The molecule has 3 aliphatic rings. The first-order chi connectivity index (χ1) is 17.5. The summed E-state index contributed by atoms with van der Waals surface area (Å²) in [5.41, 5.74) is 3.93. The Morgan fingerprint density at radius 2 is 1.58 bits per heavy atom. The molecule has 4 nitrogen and oxygen atoms in total. The van der Waals surface area contributed by atoms with Gasteiger partial charge in [-0.05, 0) is 115 Å². The fourth-order valence-corrected chi connectivity index (χ4v) is 5.83. The molecule has 7 rings (SSSR count). The third-order valence-corrected chi connectivity index (χ3v) is 8.07. The molecule has 36 heavy (non-hydrogen) atoms. The van der Waals surface area contributed by atoms with Crippen molar-refractivity contribution in [1.82, 2.24) is 14.8 Å². The number of aromatic amines is 1. The summed E-state index contributed by atoms with van der Waals surface area (Å²) in [6.45, 7) is 3.89. The minimum absolute atomic E-state index is 0.0534. The van der Waals surface area contributed by atoms with Gasteiger partial charge in [0.05, 0.1) is 0 Å². The monoisotopic (exact) mass is 485 g/mol. The van der Waals surface area contributed by atoms with Gasteiger partial charge in [0, 0.05) is 35.9 Å². The summed E-state index contributed by atoms with van der Waals surface area (Å²) in [4.78, 5) is 21.1. The van der Waals surface area contributed by atoms with Crippen LogP contribution in [0.3, 0.4) is 0 Å². The van der Waals surface area contributed by atoms with E-state index in [0.717, 1.165) is 60.9 Å². The Bertz CT molecular complexity index is 1390. The first-order valence-corrected chi connectivity index (χ1v) is 12.6. The first kappa shape index (κ1) is 22.9. The summed E-state index contributed by atoms with van der Waals surface area (Å²) in [6.07, 6.45) is 5.02. The van der Waals surface area contributed by atoms with Crippen LogP contribution >= 0.6 is 0 Å². The number of nitrogens with one attached hydrogen (secondary N) is 1. The third-order valence-electron chi connectivity index (χ3n) is 8.07. The second-order valence-corrected chi connectivity index (χ2v) is 10.3. The molecule has 6 heteroatoms. The van der Waals surface area contributed by atoms with E-state index in [1.165, 1.54) is 30.3 Å². The number of hydrogen-bond acceptors (Lipinski definition) is 2. The number of piperidine rings is 3. The topological polar surface area (TPSA) is 39.3 Å². The van der Waals surface area contributed by atoms with Gasteiger partial charge in [0.2, 0.25) is 0 Å². The molecule has 4 heterocycles. The van der Waals surface area contributed by atoms with E-state index in [9.17, 15) is 9.18 Å². The van der Waals surface area contributed by atoms with E-state index >= 15 is 4.39 Å². The zero-order valence-electron chi connectivity index (χ0n) is 20.1. The van der Waals surface area contributed by atoms with Crippen molar-refractivity contribution in [3.63, 3.8) is 0 Å². The molecule has 1 aromatic heterocycles. The van der Waals surface area contributed by atoms with E-state index in [1.807, 2.05) is 30.5 Å². The lowest BCUT2D eigenvalue weighted by Crippen LogP contribution is -2.53. The standard InChI is InChI=1S/C30H29F2N3O/c31-26-5-1-21(2-6-26)29(36)35(20-30-10-14-34(15-11-30)16-12-30)19-25-18-22(3-7-27(25)32)23-4-8-28-24(17-23)9-13-33-28/h1-9,13,17-18,33H,10-12,14-16,19-20H2. The highest BCUT2D eigenvalue weighted by atomic mass is 19.1. The van der Waals surface area contributed by atoms with Crippen molar-refractivity contribution in [3.05, 3.63) is 95.7 Å². The number of benzene rings is 3. The molecule has 1 amide bonds. The van der Waals surface area contributed by atoms with E-state index in [-0.39, 0.29) is 29.5 Å². The van der Waals surface area contributed by atoms with E-state index in [0.29, 0.717) is 17.7 Å². The van der Waals surface area contributed by atoms with Gasteiger partial charge >= 0.3 is 0 Å². The predicted molar refractivity (Wildman–Crippen MR) is 138 cm³/mol. The number of rotatable bonds is 6. The predicted octanol–water partition coefficient (Wildman–Crippen LogP) is 6.24. The first-order valence-electron chi connectivity index (χ1n) is 12.6. The molecule has 3 fully saturated rings. The normalized spacial score (nSPS) is 21.1. The summed E-state index contributed by atoms with van der Waals surface area (Å²) in [5.74, 6) is -0.889. The molecule has 2 bridgehead atoms. The summed E-state index contributed by atoms with van der Waals surface area (Å²) in [6, 6.07) is 18.9. The Morgan fingerprint density at radius 1 is 0.889 bits per heavy atom. The molecule has 4 aromatic rings. The largest absolute Gasteiger partial charge is 0.361 e. The molecule has 184 valence electrons. The maximum atomic E-state index is 15.1. The SMILES string of the molecule is O=C(c1ccc(F)cc1)N(Cc1cc(-c2ccc3[nH]ccc3c2)ccc1F)CC12CCN(CC1)CC2. The number of hydrogen-bond donors (Lipinski definition) is 1. The number of H-pyrrole nitrogens is 1. The molecule has 0 aliphatic carbocycles. The number of nitrogens with zero attached hydrogens (tertiary/aromatic N) is 2. The molecule has 3 aromatic carbocycles. The lowest BCUT2D eigenvalue weighted by molar-refractivity contribution is -0.00107. The van der Waals surface area contributed by atoms with Gasteiger partial charge in [-0.1, -0.05) is 12.1 Å². The molecule has 0 unspecified atom stereocenters. The molecular formula is C30H29F2N3O. The van der Waals surface area contributed by atoms with Gasteiger partial charge in [0.15, 0.2) is 0 Å². The molecule has 0 atom stereocenters. The van der Waals surface area contributed by atoms with E-state index < -0.39 is 0 Å². The Balaban J connectivity index is 1.33. The minimum Gasteiger partial charge on any atom is -0.361 e. The van der Waals surface area contributed by atoms with Crippen molar-refractivity contribution in [2.24, 2.45) is 5.41 Å². The fraction of sp³-hybridized carbons (Fsp3) is 0.300. The Hall–Kier alpha value is -3.51. The van der Waals surface area contributed by atoms with Gasteiger partial charge in [-0.3, -0.25) is 4.79 Å². The van der Waals surface area contributed by atoms with E-state index in [1.54, 1.807) is 11.0 Å². The highest BCUT2D eigenvalue weighted by Gasteiger charge is 2.41. The van der Waals surface area contributed by atoms with Crippen LogP contribution in [0.5, 0.6) is 0 Å². The molecule has 3 aliphatic heterocycles. The zero-order chi connectivity index (χ0) is 24.7. The van der Waals surface area contributed by atoms with Crippen LogP contribution in [0.1, 0.15) is 35.2 Å². The average molecular weight is 486 g/mol. The van der Waals surface area contributed by atoms with Crippen LogP contribution in [0.15, 0.2) is 72.9 Å². The maximum absolute atomic E-state index is 15.1. The van der Waals surface area contributed by atoms with Crippen molar-refractivity contribution < 1.29 is 13.6 Å². The van der Waals surface area contributed by atoms with Crippen molar-refractivity contribution >= 4 is 16.8 Å². The van der Waals surface area contributed by atoms with Crippen LogP contribution < -0.4 is 0 Å². The van der Waals surface area contributed by atoms with Gasteiger partial charge in [-0.15, -0.1) is 0 Å². The lowest BCUT2D eigenvalue weighted by atomic mass is 9.71. The van der Waals surface area contributed by atoms with Crippen LogP contribution in [0.4, 0.5) is 8.78 Å². The number of aromatic nitrogens is 1. The average Bonchev–Trinajstić information content (AvgIpc) is 3.38. The number of amides is 1. The van der Waals surface area contributed by atoms with Gasteiger partial charge in [-0.2, -0.15) is 0 Å². The lowest BCUT2D eigenvalue weighted by Gasteiger charge is -2.50. The van der Waals surface area contributed by atoms with E-state index in [4.69, 9.17) is 0 Å². The van der Waals surface area contributed by atoms with Gasteiger partial charge in [0.1, 0.15) is 11.6 Å². The molecular weight excluding hydrogens is 456 g/mol. The number of carbonyl (C=O) groups is 1. The van der Waals surface area contributed by atoms with Crippen molar-refractivity contribution in [3.8, 4) is 11.1 Å². The number of fused-ring (bicyclic) bond motifs is 4. The van der Waals surface area contributed by atoms with Crippen LogP contribution in [-0.2, 0) is 6.54 Å². The molecule has 3 saturated heterocycles. The zero-order valence-corrected chi connectivity index (χ0v) is 20.1. The Labute approximate surface area is 209 Å². The molecule has 0 saturated carbocycles. The van der Waals surface area contributed by atoms with Crippen LogP contribution in [0, 0.1) is 17.0 Å². The van der Waals surface area contributed by atoms with Crippen molar-refractivity contribution in [2.75, 3.05) is 26.2 Å². The Morgan fingerprint density at radius 3 is 2.33 bits per heavy atom. The number of carbonyl (C=O) groups excluding carboxylic acids is 1. The number of halogens is 2. The van der Waals surface area contributed by atoms with Gasteiger partial charge in [-0.25, -0.2) is 8.78 Å². The van der Waals surface area contributed by atoms with Crippen LogP contribution in [0.25, 0.3) is 22.0 Å². The third kappa shape index (κ3) is 4.42. The molecule has 0 radical (unpaired) electrons. The van der Waals surface area contributed by atoms with Crippen molar-refractivity contribution in [2.45, 2.75) is 25.8 Å². The summed E-state index contributed by atoms with van der Waals surface area (Å²) >= 11 is 0. The quantitative estimate of drug-likeness (QED) is 0.351. The molecule has 1 N–H and O–H groups in total. The highest BCUT2D eigenvalue weighted by Crippen LogP contribution is 2.41. The summed E-state index contributed by atoms with van der Waals surface area (Å²) < 4.78 is 28.7.